The Balaban J connectivity index is 2.17. The number of hydrazine groups is 1. The summed E-state index contributed by atoms with van der Waals surface area (Å²) in [4.78, 5) is 0. The van der Waals surface area contributed by atoms with Crippen LogP contribution in [0.1, 0.15) is 51.1 Å². The quantitative estimate of drug-likeness (QED) is 0.567. The lowest BCUT2D eigenvalue weighted by Crippen LogP contribution is -2.47. The zero-order valence-corrected chi connectivity index (χ0v) is 12.7. The minimum absolute atomic E-state index is 0.0301. The second-order valence-corrected chi connectivity index (χ2v) is 5.46. The molecule has 1 atom stereocenters. The molecule has 1 saturated carbocycles. The van der Waals surface area contributed by atoms with Gasteiger partial charge in [0.2, 0.25) is 0 Å². The van der Waals surface area contributed by atoms with E-state index < -0.39 is 0 Å². The molecular formula is C16H26N2O2. The fourth-order valence-corrected chi connectivity index (χ4v) is 2.73. The normalized spacial score (nSPS) is 17.0. The molecule has 0 bridgehead atoms. The van der Waals surface area contributed by atoms with Crippen molar-refractivity contribution in [2.24, 2.45) is 5.84 Å². The van der Waals surface area contributed by atoms with E-state index in [9.17, 15) is 0 Å². The molecule has 1 fully saturated rings. The maximum atomic E-state index is 5.79. The fourth-order valence-electron chi connectivity index (χ4n) is 2.73. The topological polar surface area (TPSA) is 56.5 Å². The smallest absolute Gasteiger partial charge is 0.119 e. The Morgan fingerprint density at radius 2 is 1.85 bits per heavy atom. The first-order valence-corrected chi connectivity index (χ1v) is 7.47. The molecule has 112 valence electrons. The summed E-state index contributed by atoms with van der Waals surface area (Å²) < 4.78 is 11.6. The van der Waals surface area contributed by atoms with E-state index >= 15 is 0 Å². The van der Waals surface area contributed by atoms with Crippen LogP contribution in [-0.2, 0) is 4.74 Å². The molecule has 2 rings (SSSR count). The summed E-state index contributed by atoms with van der Waals surface area (Å²) in [6.07, 6.45) is 4.57. The van der Waals surface area contributed by atoms with Crippen LogP contribution in [0.2, 0.25) is 0 Å². The Kier molecular flexibility index (Phi) is 5.02. The van der Waals surface area contributed by atoms with E-state index in [0.29, 0.717) is 6.10 Å². The van der Waals surface area contributed by atoms with Crippen LogP contribution in [0.5, 0.6) is 5.75 Å². The van der Waals surface area contributed by atoms with E-state index in [4.69, 9.17) is 15.3 Å². The summed E-state index contributed by atoms with van der Waals surface area (Å²) in [7, 11) is 1.75. The lowest BCUT2D eigenvalue weighted by molar-refractivity contribution is -0.0486. The highest BCUT2D eigenvalue weighted by atomic mass is 16.5. The van der Waals surface area contributed by atoms with Gasteiger partial charge in [0, 0.05) is 7.11 Å². The molecular weight excluding hydrogens is 252 g/mol. The molecule has 1 aliphatic rings. The SMILES string of the molecule is CCC(CC)(OC)C(NN)c1ccc(OC2CC2)cc1. The van der Waals surface area contributed by atoms with Gasteiger partial charge in [-0.15, -0.1) is 0 Å². The average Bonchev–Trinajstić information content (AvgIpc) is 3.30. The van der Waals surface area contributed by atoms with E-state index in [2.05, 4.69) is 31.4 Å². The molecule has 1 aliphatic carbocycles. The molecule has 4 heteroatoms. The summed E-state index contributed by atoms with van der Waals surface area (Å²) in [6.45, 7) is 4.25. The van der Waals surface area contributed by atoms with E-state index in [1.165, 1.54) is 12.8 Å². The molecule has 20 heavy (non-hydrogen) atoms. The highest BCUT2D eigenvalue weighted by molar-refractivity contribution is 5.31. The Morgan fingerprint density at radius 1 is 1.25 bits per heavy atom. The summed E-state index contributed by atoms with van der Waals surface area (Å²) in [5.74, 6) is 6.72. The zero-order chi connectivity index (χ0) is 14.6. The van der Waals surface area contributed by atoms with Crippen LogP contribution < -0.4 is 16.0 Å². The first-order valence-electron chi connectivity index (χ1n) is 7.47. The summed E-state index contributed by atoms with van der Waals surface area (Å²) in [6, 6.07) is 8.15. The highest BCUT2D eigenvalue weighted by Crippen LogP contribution is 2.35. The molecule has 1 unspecified atom stereocenters. The van der Waals surface area contributed by atoms with Crippen molar-refractivity contribution in [2.75, 3.05) is 7.11 Å². The van der Waals surface area contributed by atoms with Crippen molar-refractivity contribution in [3.05, 3.63) is 29.8 Å². The third-order valence-corrected chi connectivity index (χ3v) is 4.34. The largest absolute Gasteiger partial charge is 0.490 e. The van der Waals surface area contributed by atoms with Gasteiger partial charge in [-0.1, -0.05) is 26.0 Å². The molecule has 0 amide bonds. The molecule has 3 N–H and O–H groups in total. The molecule has 0 saturated heterocycles. The van der Waals surface area contributed by atoms with Crippen molar-refractivity contribution in [1.82, 2.24) is 5.43 Å². The van der Waals surface area contributed by atoms with E-state index in [1.54, 1.807) is 7.11 Å². The summed E-state index contributed by atoms with van der Waals surface area (Å²) in [5.41, 5.74) is 3.76. The maximum absolute atomic E-state index is 5.79. The number of nitrogens with two attached hydrogens (primary N) is 1. The second-order valence-electron chi connectivity index (χ2n) is 5.46. The number of ether oxygens (including phenoxy) is 2. The van der Waals surface area contributed by atoms with Gasteiger partial charge in [0.05, 0.1) is 17.7 Å². The Labute approximate surface area is 121 Å². The Morgan fingerprint density at radius 3 is 2.25 bits per heavy atom. The van der Waals surface area contributed by atoms with Crippen molar-refractivity contribution in [3.63, 3.8) is 0 Å². The molecule has 1 aromatic rings. The van der Waals surface area contributed by atoms with Crippen LogP contribution in [0.15, 0.2) is 24.3 Å². The molecule has 4 nitrogen and oxygen atoms in total. The van der Waals surface area contributed by atoms with Crippen molar-refractivity contribution < 1.29 is 9.47 Å². The van der Waals surface area contributed by atoms with Gasteiger partial charge in [0.15, 0.2) is 0 Å². The van der Waals surface area contributed by atoms with Crippen LogP contribution in [0.3, 0.4) is 0 Å². The number of rotatable bonds is 8. The van der Waals surface area contributed by atoms with Crippen molar-refractivity contribution in [1.29, 1.82) is 0 Å². The lowest BCUT2D eigenvalue weighted by Gasteiger charge is -2.38. The van der Waals surface area contributed by atoms with Crippen LogP contribution >= 0.6 is 0 Å². The summed E-state index contributed by atoms with van der Waals surface area (Å²) in [5, 5.41) is 0. The van der Waals surface area contributed by atoms with E-state index in [-0.39, 0.29) is 11.6 Å². The van der Waals surface area contributed by atoms with Crippen molar-refractivity contribution >= 4 is 0 Å². The van der Waals surface area contributed by atoms with Gasteiger partial charge < -0.3 is 9.47 Å². The molecule has 0 aromatic heterocycles. The Bertz CT molecular complexity index is 403. The number of methoxy groups -OCH3 is 1. The fraction of sp³-hybridized carbons (Fsp3) is 0.625. The first-order chi connectivity index (χ1) is 9.69. The minimum atomic E-state index is -0.284. The lowest BCUT2D eigenvalue weighted by atomic mass is 9.84. The zero-order valence-electron chi connectivity index (χ0n) is 12.7. The third kappa shape index (κ3) is 3.14. The molecule has 0 spiro atoms. The van der Waals surface area contributed by atoms with Crippen LogP contribution in [0.25, 0.3) is 0 Å². The average molecular weight is 278 g/mol. The van der Waals surface area contributed by atoms with Crippen LogP contribution in [0, 0.1) is 0 Å². The number of nitrogens with one attached hydrogen (secondary N) is 1. The maximum Gasteiger partial charge on any atom is 0.119 e. The van der Waals surface area contributed by atoms with Crippen LogP contribution in [0.4, 0.5) is 0 Å². The summed E-state index contributed by atoms with van der Waals surface area (Å²) >= 11 is 0. The molecule has 1 aromatic carbocycles. The van der Waals surface area contributed by atoms with Crippen molar-refractivity contribution in [2.45, 2.75) is 57.3 Å². The molecule has 0 radical (unpaired) electrons. The molecule has 0 aliphatic heterocycles. The van der Waals surface area contributed by atoms with E-state index in [0.717, 1.165) is 24.2 Å². The van der Waals surface area contributed by atoms with E-state index in [1.807, 2.05) is 12.1 Å². The predicted octanol–water partition coefficient (Wildman–Crippen LogP) is 2.94. The van der Waals surface area contributed by atoms with Gasteiger partial charge in [0.25, 0.3) is 0 Å². The van der Waals surface area contributed by atoms with Gasteiger partial charge in [-0.3, -0.25) is 11.3 Å². The predicted molar refractivity (Wildman–Crippen MR) is 80.5 cm³/mol. The number of benzene rings is 1. The van der Waals surface area contributed by atoms with Crippen LogP contribution in [-0.4, -0.2) is 18.8 Å². The third-order valence-electron chi connectivity index (χ3n) is 4.34. The highest BCUT2D eigenvalue weighted by Gasteiger charge is 2.36. The van der Waals surface area contributed by atoms with Gasteiger partial charge in [-0.05, 0) is 43.4 Å². The molecule has 0 heterocycles. The van der Waals surface area contributed by atoms with Gasteiger partial charge in [0.1, 0.15) is 5.75 Å². The van der Waals surface area contributed by atoms with Gasteiger partial charge in [-0.25, -0.2) is 0 Å². The monoisotopic (exact) mass is 278 g/mol. The minimum Gasteiger partial charge on any atom is -0.490 e. The first kappa shape index (κ1) is 15.3. The van der Waals surface area contributed by atoms with Gasteiger partial charge in [-0.2, -0.15) is 0 Å². The van der Waals surface area contributed by atoms with Crippen molar-refractivity contribution in [3.8, 4) is 5.75 Å². The number of hydrogen-bond donors (Lipinski definition) is 2. The second kappa shape index (κ2) is 6.57. The van der Waals surface area contributed by atoms with Gasteiger partial charge >= 0.3 is 0 Å². The number of hydrogen-bond acceptors (Lipinski definition) is 4. The Hall–Kier alpha value is -1.10. The standard InChI is InChI=1S/C16H26N2O2/c1-4-16(5-2,19-3)15(18-17)12-6-8-13(9-7-12)20-14-10-11-14/h6-9,14-15,18H,4-5,10-11,17H2,1-3H3.